The minimum Gasteiger partial charge on any atom is -0.490 e. The van der Waals surface area contributed by atoms with Crippen LogP contribution in [0.1, 0.15) is 12.5 Å². The molecule has 170 valence electrons. The van der Waals surface area contributed by atoms with Crippen LogP contribution in [0.3, 0.4) is 0 Å². The summed E-state index contributed by atoms with van der Waals surface area (Å²) < 4.78 is 12.9. The van der Waals surface area contributed by atoms with E-state index in [-0.39, 0.29) is 22.9 Å². The minimum atomic E-state index is -0.304. The lowest BCUT2D eigenvalue weighted by Crippen LogP contribution is -2.20. The van der Waals surface area contributed by atoms with E-state index in [1.807, 2.05) is 49.4 Å². The van der Waals surface area contributed by atoms with Crippen molar-refractivity contribution in [3.8, 4) is 29.0 Å². The quantitative estimate of drug-likeness (QED) is 0.284. The predicted octanol–water partition coefficient (Wildman–Crippen LogP) is 5.66. The number of aromatic nitrogens is 2. The second-order valence-corrected chi connectivity index (χ2v) is 8.15. The fourth-order valence-corrected chi connectivity index (χ4v) is 3.98. The van der Waals surface area contributed by atoms with Gasteiger partial charge in [-0.15, -0.1) is 0 Å². The van der Waals surface area contributed by atoms with Crippen LogP contribution < -0.4 is 15.0 Å². The molecule has 4 aromatic rings. The Kier molecular flexibility index (Phi) is 7.26. The fraction of sp³-hybridized carbons (Fsp3) is 0.120. The molecule has 0 saturated carbocycles. The van der Waals surface area contributed by atoms with E-state index in [1.165, 1.54) is 10.9 Å². The molecule has 0 aliphatic heterocycles. The van der Waals surface area contributed by atoms with Crippen LogP contribution in [-0.2, 0) is 0 Å². The number of ether oxygens (including phenoxy) is 2. The largest absolute Gasteiger partial charge is 0.490 e. The Balaban J connectivity index is 1.88. The van der Waals surface area contributed by atoms with Gasteiger partial charge in [0, 0.05) is 15.6 Å². The first kappa shape index (κ1) is 23.5. The van der Waals surface area contributed by atoms with Gasteiger partial charge >= 0.3 is 0 Å². The summed E-state index contributed by atoms with van der Waals surface area (Å²) in [7, 11) is 0. The number of nitrogens with zero attached hydrogens (tertiary/aromatic N) is 4. The van der Waals surface area contributed by atoms with Crippen molar-refractivity contribution in [2.45, 2.75) is 6.92 Å². The topological polar surface area (TPSA) is 89.5 Å². The van der Waals surface area contributed by atoms with Crippen molar-refractivity contribution in [3.63, 3.8) is 0 Å². The number of halogens is 2. The van der Waals surface area contributed by atoms with Crippen molar-refractivity contribution in [2.75, 3.05) is 13.2 Å². The molecular weight excluding hydrogens is 520 g/mol. The summed E-state index contributed by atoms with van der Waals surface area (Å²) in [6.45, 7) is 2.01. The van der Waals surface area contributed by atoms with Gasteiger partial charge in [-0.25, -0.2) is 4.98 Å². The summed E-state index contributed by atoms with van der Waals surface area (Å²) in [5.74, 6) is 1.02. The van der Waals surface area contributed by atoms with Gasteiger partial charge in [0.05, 0.1) is 23.7 Å². The first-order valence-corrected chi connectivity index (χ1v) is 11.5. The van der Waals surface area contributed by atoms with Gasteiger partial charge in [-0.05, 0) is 41.1 Å². The lowest BCUT2D eigenvalue weighted by Gasteiger charge is -2.14. The Bertz CT molecular complexity index is 1480. The van der Waals surface area contributed by atoms with Gasteiger partial charge in [0.1, 0.15) is 11.1 Å². The highest BCUT2D eigenvalue weighted by Crippen LogP contribution is 2.42. The molecule has 0 amide bonds. The van der Waals surface area contributed by atoms with Crippen LogP contribution in [0.4, 0.5) is 0 Å². The number of benzene rings is 3. The zero-order valence-electron chi connectivity index (χ0n) is 18.0. The molecule has 0 fully saturated rings. The van der Waals surface area contributed by atoms with Gasteiger partial charge in [0.15, 0.2) is 23.9 Å². The third kappa shape index (κ3) is 4.67. The Morgan fingerprint density at radius 1 is 1.18 bits per heavy atom. The Labute approximate surface area is 209 Å². The third-order valence-electron chi connectivity index (χ3n) is 4.83. The van der Waals surface area contributed by atoms with E-state index in [0.29, 0.717) is 39.1 Å². The molecule has 4 rings (SSSR count). The van der Waals surface area contributed by atoms with Crippen molar-refractivity contribution in [2.24, 2.45) is 5.10 Å². The molecule has 0 N–H and O–H groups in total. The molecule has 9 heteroatoms. The molecule has 1 aromatic heterocycles. The third-order valence-corrected chi connectivity index (χ3v) is 6.28. The van der Waals surface area contributed by atoms with Crippen LogP contribution in [0.15, 0.2) is 75.0 Å². The molecule has 3 aromatic carbocycles. The zero-order valence-corrected chi connectivity index (χ0v) is 20.4. The van der Waals surface area contributed by atoms with Gasteiger partial charge in [0.25, 0.3) is 5.56 Å². The lowest BCUT2D eigenvalue weighted by atomic mass is 10.2. The highest BCUT2D eigenvalue weighted by Gasteiger charge is 2.18. The maximum Gasteiger partial charge on any atom is 0.282 e. The van der Waals surface area contributed by atoms with Crippen molar-refractivity contribution in [1.82, 2.24) is 9.66 Å². The summed E-state index contributed by atoms with van der Waals surface area (Å²) in [6.07, 6.45) is 1.50. The molecule has 0 radical (unpaired) electrons. The van der Waals surface area contributed by atoms with Gasteiger partial charge in [-0.3, -0.25) is 4.79 Å². The number of fused-ring (bicyclic) bond motifs is 1. The fourth-order valence-electron chi connectivity index (χ4n) is 3.33. The van der Waals surface area contributed by atoms with Crippen LogP contribution in [0.25, 0.3) is 22.3 Å². The first-order chi connectivity index (χ1) is 16.5. The van der Waals surface area contributed by atoms with Crippen LogP contribution >= 0.6 is 27.5 Å². The SMILES string of the molecule is CCOc1cc(C=Nn2c(-c3ccccc3)nc3ccccc3c2=O)c(Br)c(Cl)c1OCC#N. The molecule has 0 bridgehead atoms. The summed E-state index contributed by atoms with van der Waals surface area (Å²) in [5.41, 5.74) is 1.58. The van der Waals surface area contributed by atoms with Crippen molar-refractivity contribution in [3.05, 3.63) is 86.1 Å². The van der Waals surface area contributed by atoms with Crippen LogP contribution in [0.2, 0.25) is 5.02 Å². The van der Waals surface area contributed by atoms with Crippen molar-refractivity contribution < 1.29 is 9.47 Å². The van der Waals surface area contributed by atoms with Gasteiger partial charge < -0.3 is 9.47 Å². The predicted molar refractivity (Wildman–Crippen MR) is 136 cm³/mol. The maximum absolute atomic E-state index is 13.3. The highest BCUT2D eigenvalue weighted by atomic mass is 79.9. The molecule has 0 spiro atoms. The normalized spacial score (nSPS) is 11.0. The second kappa shape index (κ2) is 10.5. The summed E-state index contributed by atoms with van der Waals surface area (Å²) in [6, 6.07) is 20.1. The smallest absolute Gasteiger partial charge is 0.282 e. The summed E-state index contributed by atoms with van der Waals surface area (Å²) >= 11 is 9.95. The van der Waals surface area contributed by atoms with Crippen LogP contribution in [0, 0.1) is 11.3 Å². The van der Waals surface area contributed by atoms with E-state index >= 15 is 0 Å². The number of rotatable bonds is 7. The zero-order chi connectivity index (χ0) is 24.1. The average molecular weight is 538 g/mol. The second-order valence-electron chi connectivity index (χ2n) is 6.98. The van der Waals surface area contributed by atoms with Gasteiger partial charge in [-0.1, -0.05) is 54.1 Å². The standard InChI is InChI=1S/C25H18BrClN4O3/c1-2-33-20-14-17(21(26)22(27)23(20)34-13-12-28)15-29-31-24(16-8-4-3-5-9-16)30-19-11-7-6-10-18(19)25(31)32/h3-11,14-15H,2,13H2,1H3. The lowest BCUT2D eigenvalue weighted by molar-refractivity contribution is 0.298. The van der Waals surface area contributed by atoms with Crippen LogP contribution in [-0.4, -0.2) is 29.1 Å². The number of hydrogen-bond donors (Lipinski definition) is 0. The molecule has 0 saturated heterocycles. The number of nitriles is 1. The minimum absolute atomic E-state index is 0.182. The van der Waals surface area contributed by atoms with E-state index < -0.39 is 0 Å². The van der Waals surface area contributed by atoms with Crippen molar-refractivity contribution in [1.29, 1.82) is 5.26 Å². The molecule has 0 atom stereocenters. The van der Waals surface area contributed by atoms with E-state index in [0.717, 1.165) is 5.56 Å². The number of hydrogen-bond acceptors (Lipinski definition) is 6. The molecule has 0 unspecified atom stereocenters. The summed E-state index contributed by atoms with van der Waals surface area (Å²) in [5, 5.41) is 14.0. The molecule has 0 aliphatic rings. The molecule has 1 heterocycles. The maximum atomic E-state index is 13.3. The Morgan fingerprint density at radius 2 is 1.91 bits per heavy atom. The monoisotopic (exact) mass is 536 g/mol. The Hall–Kier alpha value is -3.67. The molecular formula is C25H18BrClN4O3. The van der Waals surface area contributed by atoms with Gasteiger partial charge in [-0.2, -0.15) is 15.0 Å². The molecule has 0 aliphatic carbocycles. The average Bonchev–Trinajstić information content (AvgIpc) is 2.86. The number of para-hydroxylation sites is 1. The van der Waals surface area contributed by atoms with E-state index in [9.17, 15) is 4.79 Å². The highest BCUT2D eigenvalue weighted by molar-refractivity contribution is 9.10. The molecule has 34 heavy (non-hydrogen) atoms. The van der Waals surface area contributed by atoms with E-state index in [1.54, 1.807) is 24.3 Å². The molecule has 7 nitrogen and oxygen atoms in total. The van der Waals surface area contributed by atoms with E-state index in [4.69, 9.17) is 26.3 Å². The van der Waals surface area contributed by atoms with Crippen molar-refractivity contribution >= 4 is 44.6 Å². The Morgan fingerprint density at radius 3 is 2.65 bits per heavy atom. The van der Waals surface area contributed by atoms with Gasteiger partial charge in [0.2, 0.25) is 0 Å². The van der Waals surface area contributed by atoms with E-state index in [2.05, 4.69) is 26.0 Å². The first-order valence-electron chi connectivity index (χ1n) is 10.3. The summed E-state index contributed by atoms with van der Waals surface area (Å²) in [4.78, 5) is 18.0. The van der Waals surface area contributed by atoms with Crippen LogP contribution in [0.5, 0.6) is 11.5 Å².